The van der Waals surface area contributed by atoms with Gasteiger partial charge < -0.3 is 5.11 Å². The molecule has 0 saturated heterocycles. The number of rotatable bonds is 3. The van der Waals surface area contributed by atoms with Crippen LogP contribution in [0.1, 0.15) is 27.7 Å². The normalized spacial score (nSPS) is 17.7. The van der Waals surface area contributed by atoms with Crippen LogP contribution in [0, 0.1) is 6.92 Å². The number of benzene rings is 2. The number of hydrogen-bond donors (Lipinski definition) is 1. The van der Waals surface area contributed by atoms with Crippen molar-refractivity contribution in [3.8, 4) is 0 Å². The van der Waals surface area contributed by atoms with Gasteiger partial charge in [-0.25, -0.2) is 8.42 Å². The number of hydrogen-bond acceptors (Lipinski definition) is 4. The van der Waals surface area contributed by atoms with Crippen molar-refractivity contribution >= 4 is 15.7 Å². The minimum atomic E-state index is -3.68. The van der Waals surface area contributed by atoms with Gasteiger partial charge in [-0.15, -0.1) is 0 Å². The molecule has 118 valence electrons. The first-order valence-electron chi connectivity index (χ1n) is 7.00. The molecule has 0 aromatic heterocycles. The van der Waals surface area contributed by atoms with Crippen LogP contribution in [-0.2, 0) is 9.84 Å². The largest absolute Gasteiger partial charge is 0.369 e. The number of amides is 1. The highest BCUT2D eigenvalue weighted by Crippen LogP contribution is 2.31. The lowest BCUT2D eigenvalue weighted by Crippen LogP contribution is -2.22. The maximum atomic E-state index is 12.3. The van der Waals surface area contributed by atoms with Crippen molar-refractivity contribution in [2.24, 2.45) is 0 Å². The molecule has 3 rings (SSSR count). The van der Waals surface area contributed by atoms with Gasteiger partial charge in [0, 0.05) is 17.3 Å². The topological polar surface area (TPSA) is 74.7 Å². The Balaban J connectivity index is 1.89. The number of carbonyl (C=O) groups excluding carboxylic acids is 1. The fraction of sp³-hybridized carbons (Fsp3) is 0.118. The number of aryl methyl sites for hydroxylation is 1. The van der Waals surface area contributed by atoms with E-state index in [1.807, 2.05) is 6.92 Å². The number of fused-ring (bicyclic) bond motifs is 1. The average Bonchev–Trinajstić information content (AvgIpc) is 2.78. The van der Waals surface area contributed by atoms with E-state index in [0.717, 1.165) is 22.1 Å². The predicted molar refractivity (Wildman–Crippen MR) is 85.1 cm³/mol. The zero-order valence-electron chi connectivity index (χ0n) is 12.4. The number of aliphatic hydroxyl groups excluding tert-OH is 1. The fourth-order valence-corrected chi connectivity index (χ4v) is 3.38. The lowest BCUT2D eigenvalue weighted by Gasteiger charge is -2.15. The highest BCUT2D eigenvalue weighted by molar-refractivity contribution is 7.94. The van der Waals surface area contributed by atoms with E-state index in [0.29, 0.717) is 11.1 Å². The smallest absolute Gasteiger partial charge is 0.260 e. The van der Waals surface area contributed by atoms with Crippen LogP contribution in [0.5, 0.6) is 0 Å². The zero-order chi connectivity index (χ0) is 16.6. The molecular formula is C17H15NO4S. The summed E-state index contributed by atoms with van der Waals surface area (Å²) in [6.07, 6.45) is -0.0643. The minimum absolute atomic E-state index is 0.137. The third-order valence-corrected chi connectivity index (χ3v) is 5.13. The summed E-state index contributed by atoms with van der Waals surface area (Å²) in [5.41, 5.74) is 1.79. The molecule has 1 amide bonds. The molecule has 23 heavy (non-hydrogen) atoms. The fourth-order valence-electron chi connectivity index (χ4n) is 2.42. The van der Waals surface area contributed by atoms with Crippen molar-refractivity contribution in [2.75, 3.05) is 0 Å². The Morgan fingerprint density at radius 3 is 2.39 bits per heavy atom. The lowest BCUT2D eigenvalue weighted by molar-refractivity contribution is 0.0397. The first-order valence-corrected chi connectivity index (χ1v) is 8.54. The summed E-state index contributed by atoms with van der Waals surface area (Å²) < 4.78 is 24.6. The van der Waals surface area contributed by atoms with E-state index in [-0.39, 0.29) is 4.90 Å². The Bertz CT molecular complexity index is 885. The second kappa shape index (κ2) is 5.64. The number of carbonyl (C=O) groups is 1. The van der Waals surface area contributed by atoms with Crippen LogP contribution in [0.4, 0.5) is 0 Å². The molecule has 1 atom stereocenters. The quantitative estimate of drug-likeness (QED) is 0.938. The summed E-state index contributed by atoms with van der Waals surface area (Å²) in [6, 6.07) is 13.1. The second-order valence-corrected chi connectivity index (χ2v) is 7.15. The Morgan fingerprint density at radius 1 is 1.09 bits per heavy atom. The first-order chi connectivity index (χ1) is 10.9. The van der Waals surface area contributed by atoms with Crippen LogP contribution in [0.15, 0.2) is 65.0 Å². The van der Waals surface area contributed by atoms with Crippen LogP contribution in [0.3, 0.4) is 0 Å². The molecule has 0 spiro atoms. The first kappa shape index (κ1) is 15.5. The molecule has 0 aliphatic carbocycles. The van der Waals surface area contributed by atoms with Gasteiger partial charge in [-0.2, -0.15) is 0 Å². The van der Waals surface area contributed by atoms with Crippen molar-refractivity contribution in [3.63, 3.8) is 0 Å². The molecule has 0 saturated carbocycles. The molecule has 2 aromatic rings. The van der Waals surface area contributed by atoms with Crippen LogP contribution in [0.2, 0.25) is 0 Å². The van der Waals surface area contributed by atoms with Crippen LogP contribution < -0.4 is 0 Å². The van der Waals surface area contributed by atoms with Gasteiger partial charge in [0.15, 0.2) is 6.23 Å². The van der Waals surface area contributed by atoms with Gasteiger partial charge in [-0.1, -0.05) is 35.9 Å². The van der Waals surface area contributed by atoms with Crippen molar-refractivity contribution < 1.29 is 18.3 Å². The Hall–Kier alpha value is -2.44. The van der Waals surface area contributed by atoms with Crippen molar-refractivity contribution in [2.45, 2.75) is 18.0 Å². The molecule has 0 radical (unpaired) electrons. The van der Waals surface area contributed by atoms with Crippen molar-refractivity contribution in [1.82, 2.24) is 4.90 Å². The van der Waals surface area contributed by atoms with Gasteiger partial charge in [0.2, 0.25) is 9.84 Å². The minimum Gasteiger partial charge on any atom is -0.369 e. The summed E-state index contributed by atoms with van der Waals surface area (Å²) in [5, 5.41) is 11.1. The lowest BCUT2D eigenvalue weighted by atomic mass is 10.1. The molecule has 6 heteroatoms. The Kier molecular flexibility index (Phi) is 3.79. The maximum Gasteiger partial charge on any atom is 0.260 e. The van der Waals surface area contributed by atoms with E-state index in [9.17, 15) is 18.3 Å². The molecule has 2 aromatic carbocycles. The summed E-state index contributed by atoms with van der Waals surface area (Å²) >= 11 is 0. The standard InChI is InChI=1S/C17H15NO4S/c1-12-6-8-13(9-7-12)23(21,22)11-10-18-16(19)14-4-2-3-5-15(14)17(18)20/h2-11,16,19H,1H3/b11-10+. The summed E-state index contributed by atoms with van der Waals surface area (Å²) in [6.45, 7) is 1.86. The molecular weight excluding hydrogens is 314 g/mol. The second-order valence-electron chi connectivity index (χ2n) is 5.32. The summed E-state index contributed by atoms with van der Waals surface area (Å²) in [5.74, 6) is -0.427. The molecule has 1 aliphatic rings. The summed E-state index contributed by atoms with van der Waals surface area (Å²) in [7, 11) is -3.68. The van der Waals surface area contributed by atoms with Crippen LogP contribution >= 0.6 is 0 Å². The SMILES string of the molecule is Cc1ccc(S(=O)(=O)/C=C/N2C(=O)c3ccccc3C2O)cc1. The highest BCUT2D eigenvalue weighted by Gasteiger charge is 2.34. The van der Waals surface area contributed by atoms with Gasteiger partial charge in [-0.3, -0.25) is 9.69 Å². The maximum absolute atomic E-state index is 12.3. The highest BCUT2D eigenvalue weighted by atomic mass is 32.2. The predicted octanol–water partition coefficient (Wildman–Crippen LogP) is 2.39. The van der Waals surface area contributed by atoms with Gasteiger partial charge >= 0.3 is 0 Å². The van der Waals surface area contributed by atoms with E-state index < -0.39 is 22.0 Å². The van der Waals surface area contributed by atoms with E-state index in [4.69, 9.17) is 0 Å². The van der Waals surface area contributed by atoms with E-state index in [2.05, 4.69) is 0 Å². The Morgan fingerprint density at radius 2 is 1.74 bits per heavy atom. The van der Waals surface area contributed by atoms with E-state index in [1.165, 1.54) is 12.1 Å². The molecule has 0 bridgehead atoms. The number of aliphatic hydroxyl groups is 1. The Labute approximate surface area is 134 Å². The molecule has 5 nitrogen and oxygen atoms in total. The van der Waals surface area contributed by atoms with Crippen LogP contribution in [0.25, 0.3) is 0 Å². The summed E-state index contributed by atoms with van der Waals surface area (Å²) in [4.78, 5) is 13.4. The monoisotopic (exact) mass is 329 g/mol. The number of nitrogens with zero attached hydrogens (tertiary/aromatic N) is 1. The molecule has 1 heterocycles. The van der Waals surface area contributed by atoms with Gasteiger partial charge in [0.05, 0.1) is 10.3 Å². The number of sulfone groups is 1. The third-order valence-electron chi connectivity index (χ3n) is 3.72. The van der Waals surface area contributed by atoms with Gasteiger partial charge in [-0.05, 0) is 25.1 Å². The zero-order valence-corrected chi connectivity index (χ0v) is 13.2. The molecule has 1 unspecified atom stereocenters. The molecule has 1 aliphatic heterocycles. The van der Waals surface area contributed by atoms with Crippen molar-refractivity contribution in [3.05, 3.63) is 76.8 Å². The average molecular weight is 329 g/mol. The van der Waals surface area contributed by atoms with Gasteiger partial charge in [0.1, 0.15) is 0 Å². The van der Waals surface area contributed by atoms with Gasteiger partial charge in [0.25, 0.3) is 5.91 Å². The third kappa shape index (κ3) is 2.78. The van der Waals surface area contributed by atoms with Crippen LogP contribution in [-0.4, -0.2) is 24.3 Å². The molecule has 0 fully saturated rings. The van der Waals surface area contributed by atoms with E-state index >= 15 is 0 Å². The van der Waals surface area contributed by atoms with E-state index in [1.54, 1.807) is 36.4 Å². The molecule has 1 N–H and O–H groups in total. The van der Waals surface area contributed by atoms with Crippen molar-refractivity contribution in [1.29, 1.82) is 0 Å².